The van der Waals surface area contributed by atoms with Gasteiger partial charge in [-0.05, 0) is 36.8 Å². The summed E-state index contributed by atoms with van der Waals surface area (Å²) in [5.74, 6) is 0. The van der Waals surface area contributed by atoms with Gasteiger partial charge in [-0.2, -0.15) is 0 Å². The van der Waals surface area contributed by atoms with Crippen molar-refractivity contribution in [2.45, 2.75) is 6.92 Å². The van der Waals surface area contributed by atoms with E-state index in [1.165, 1.54) is 0 Å². The zero-order valence-corrected chi connectivity index (χ0v) is 11.4. The van der Waals surface area contributed by atoms with Gasteiger partial charge in [0.15, 0.2) is 0 Å². The molecule has 6 nitrogen and oxygen atoms in total. The minimum atomic E-state index is -0.512. The number of amides is 1. The lowest BCUT2D eigenvalue weighted by Crippen LogP contribution is -2.29. The number of fused-ring (bicyclic) bond motifs is 1. The molecule has 6 heteroatoms. The Morgan fingerprint density at radius 3 is 2.67 bits per heavy atom. The van der Waals surface area contributed by atoms with E-state index in [0.29, 0.717) is 22.4 Å². The molecule has 0 fully saturated rings. The molecule has 21 heavy (non-hydrogen) atoms. The van der Waals surface area contributed by atoms with Gasteiger partial charge in [0, 0.05) is 11.4 Å². The second-order valence-corrected chi connectivity index (χ2v) is 4.79. The van der Waals surface area contributed by atoms with E-state index in [1.54, 1.807) is 36.4 Å². The number of aryl methyl sites for hydroxylation is 1. The molecule has 4 N–H and O–H groups in total. The Morgan fingerprint density at radius 1 is 1.24 bits per heavy atom. The van der Waals surface area contributed by atoms with E-state index >= 15 is 0 Å². The predicted octanol–water partition coefficient (Wildman–Crippen LogP) is 2.30. The molecule has 0 saturated heterocycles. The van der Waals surface area contributed by atoms with E-state index in [2.05, 4.69) is 10.3 Å². The average Bonchev–Trinajstić information content (AvgIpc) is 2.75. The number of carbonyl (C=O) groups is 1. The molecule has 1 heterocycles. The molecule has 0 aliphatic carbocycles. The fourth-order valence-electron chi connectivity index (χ4n) is 2.18. The molecule has 0 saturated carbocycles. The molecule has 0 aliphatic heterocycles. The fourth-order valence-corrected chi connectivity index (χ4v) is 2.18. The zero-order chi connectivity index (χ0) is 15.0. The van der Waals surface area contributed by atoms with E-state index in [-0.39, 0.29) is 0 Å². The summed E-state index contributed by atoms with van der Waals surface area (Å²) in [6.45, 7) is 1.83. The average molecular weight is 282 g/mol. The Kier molecular flexibility index (Phi) is 2.98. The van der Waals surface area contributed by atoms with Gasteiger partial charge in [0.25, 0.3) is 0 Å². The van der Waals surface area contributed by atoms with Crippen LogP contribution in [0.5, 0.6) is 0 Å². The van der Waals surface area contributed by atoms with Crippen molar-refractivity contribution in [3.8, 4) is 0 Å². The lowest BCUT2D eigenvalue weighted by Gasteiger charge is -2.06. The molecule has 1 amide bonds. The molecule has 2 aromatic carbocycles. The highest BCUT2D eigenvalue weighted by molar-refractivity contribution is 5.97. The van der Waals surface area contributed by atoms with Crippen LogP contribution in [0.25, 0.3) is 11.0 Å². The van der Waals surface area contributed by atoms with Crippen LogP contribution < -0.4 is 16.7 Å². The summed E-state index contributed by atoms with van der Waals surface area (Å²) in [6.07, 6.45) is 0. The van der Waals surface area contributed by atoms with Gasteiger partial charge in [-0.25, -0.2) is 14.2 Å². The first-order valence-corrected chi connectivity index (χ1v) is 6.43. The molecule has 0 aliphatic rings. The summed E-state index contributed by atoms with van der Waals surface area (Å²) in [5, 5.41) is 2.68. The number of anilines is 2. The molecule has 0 radical (unpaired) electrons. The molecule has 0 unspecified atom stereocenters. The highest BCUT2D eigenvalue weighted by Gasteiger charge is 2.15. The number of H-pyrrole nitrogens is 1. The minimum absolute atomic E-state index is 0.497. The lowest BCUT2D eigenvalue weighted by atomic mass is 10.2. The Labute approximate surface area is 120 Å². The number of aromatic nitrogens is 2. The van der Waals surface area contributed by atoms with Gasteiger partial charge in [0.2, 0.25) is 0 Å². The first kappa shape index (κ1) is 13.0. The van der Waals surface area contributed by atoms with Crippen LogP contribution in [0.3, 0.4) is 0 Å². The number of nitrogens with zero attached hydrogens (tertiary/aromatic N) is 1. The van der Waals surface area contributed by atoms with Crippen molar-refractivity contribution in [1.82, 2.24) is 9.55 Å². The second-order valence-electron chi connectivity index (χ2n) is 4.79. The van der Waals surface area contributed by atoms with Crippen LogP contribution in [0.2, 0.25) is 0 Å². The molecule has 0 bridgehead atoms. The molecule has 3 aromatic rings. The van der Waals surface area contributed by atoms with E-state index in [1.807, 2.05) is 13.0 Å². The number of nitrogens with one attached hydrogen (secondary N) is 2. The molecule has 1 aromatic heterocycles. The third kappa shape index (κ3) is 2.27. The molecule has 0 atom stereocenters. The Balaban J connectivity index is 2.08. The Hall–Kier alpha value is -3.02. The SMILES string of the molecule is Cc1cc2c(cc1N)[nH]c(=O)n2C(=O)Nc1ccccc1. The summed E-state index contributed by atoms with van der Waals surface area (Å²) in [6, 6.07) is 11.8. The second kappa shape index (κ2) is 4.82. The van der Waals surface area contributed by atoms with Crippen LogP contribution in [-0.2, 0) is 0 Å². The van der Waals surface area contributed by atoms with Crippen molar-refractivity contribution < 1.29 is 4.79 Å². The molecule has 106 valence electrons. The number of hydrogen-bond donors (Lipinski definition) is 3. The number of aromatic amines is 1. The summed E-state index contributed by atoms with van der Waals surface area (Å²) in [7, 11) is 0. The predicted molar refractivity (Wildman–Crippen MR) is 82.6 cm³/mol. The van der Waals surface area contributed by atoms with Crippen LogP contribution in [0, 0.1) is 6.92 Å². The van der Waals surface area contributed by atoms with Crippen molar-refractivity contribution in [2.24, 2.45) is 0 Å². The van der Waals surface area contributed by atoms with Crippen LogP contribution >= 0.6 is 0 Å². The Bertz CT molecular complexity index is 878. The van der Waals surface area contributed by atoms with Gasteiger partial charge in [-0.15, -0.1) is 0 Å². The number of rotatable bonds is 1. The molecule has 0 spiro atoms. The smallest absolute Gasteiger partial charge is 0.334 e. The molecule has 3 rings (SSSR count). The summed E-state index contributed by atoms with van der Waals surface area (Å²) < 4.78 is 1.06. The lowest BCUT2D eigenvalue weighted by molar-refractivity contribution is 0.253. The monoisotopic (exact) mass is 282 g/mol. The van der Waals surface area contributed by atoms with Crippen molar-refractivity contribution in [3.05, 3.63) is 58.5 Å². The van der Waals surface area contributed by atoms with Crippen LogP contribution in [0.15, 0.2) is 47.3 Å². The van der Waals surface area contributed by atoms with Crippen molar-refractivity contribution >= 4 is 28.4 Å². The highest BCUT2D eigenvalue weighted by atomic mass is 16.2. The number of para-hydroxylation sites is 1. The molecular formula is C15H14N4O2. The van der Waals surface area contributed by atoms with E-state index < -0.39 is 11.7 Å². The molecular weight excluding hydrogens is 268 g/mol. The van der Waals surface area contributed by atoms with E-state index in [4.69, 9.17) is 5.73 Å². The largest absolute Gasteiger partial charge is 0.398 e. The summed E-state index contributed by atoms with van der Waals surface area (Å²) >= 11 is 0. The number of carbonyl (C=O) groups excluding carboxylic acids is 1. The fraction of sp³-hybridized carbons (Fsp3) is 0.0667. The van der Waals surface area contributed by atoms with Gasteiger partial charge >= 0.3 is 11.7 Å². The van der Waals surface area contributed by atoms with E-state index in [9.17, 15) is 9.59 Å². The quantitative estimate of drug-likeness (QED) is 0.598. The maximum Gasteiger partial charge on any atom is 0.334 e. The maximum absolute atomic E-state index is 12.3. The van der Waals surface area contributed by atoms with Gasteiger partial charge in [-0.1, -0.05) is 18.2 Å². The van der Waals surface area contributed by atoms with Crippen molar-refractivity contribution in [2.75, 3.05) is 11.1 Å². The van der Waals surface area contributed by atoms with Gasteiger partial charge in [0.1, 0.15) is 0 Å². The number of imidazole rings is 1. The third-order valence-corrected chi connectivity index (χ3v) is 3.30. The third-order valence-electron chi connectivity index (χ3n) is 3.30. The topological polar surface area (TPSA) is 92.9 Å². The van der Waals surface area contributed by atoms with Crippen LogP contribution in [0.1, 0.15) is 5.56 Å². The van der Waals surface area contributed by atoms with Crippen molar-refractivity contribution in [1.29, 1.82) is 0 Å². The van der Waals surface area contributed by atoms with Gasteiger partial charge in [0.05, 0.1) is 11.0 Å². The van der Waals surface area contributed by atoms with E-state index in [0.717, 1.165) is 10.1 Å². The minimum Gasteiger partial charge on any atom is -0.398 e. The van der Waals surface area contributed by atoms with Crippen molar-refractivity contribution in [3.63, 3.8) is 0 Å². The van der Waals surface area contributed by atoms with Gasteiger partial charge < -0.3 is 16.0 Å². The summed E-state index contributed by atoms with van der Waals surface area (Å²) in [5.41, 5.74) is 8.35. The number of benzene rings is 2. The Morgan fingerprint density at radius 2 is 1.95 bits per heavy atom. The normalized spacial score (nSPS) is 10.7. The maximum atomic E-state index is 12.3. The number of hydrogen-bond acceptors (Lipinski definition) is 3. The standard InChI is InChI=1S/C15H14N4O2/c1-9-7-13-12(8-11(9)16)18-15(21)19(13)14(20)17-10-5-3-2-4-6-10/h2-8H,16H2,1H3,(H,17,20)(H,18,21). The zero-order valence-electron chi connectivity index (χ0n) is 11.4. The van der Waals surface area contributed by atoms with Crippen LogP contribution in [-0.4, -0.2) is 15.6 Å². The number of nitrogens with two attached hydrogens (primary N) is 1. The van der Waals surface area contributed by atoms with Gasteiger partial charge in [-0.3, -0.25) is 0 Å². The highest BCUT2D eigenvalue weighted by Crippen LogP contribution is 2.19. The van der Waals surface area contributed by atoms with Crippen LogP contribution in [0.4, 0.5) is 16.2 Å². The number of nitrogen functional groups attached to an aromatic ring is 1. The first-order valence-electron chi connectivity index (χ1n) is 6.43. The first-order chi connectivity index (χ1) is 10.1. The summed E-state index contributed by atoms with van der Waals surface area (Å²) in [4.78, 5) is 26.9.